The lowest BCUT2D eigenvalue weighted by Crippen LogP contribution is -2.09. The molecule has 3 aromatic rings. The predicted octanol–water partition coefficient (Wildman–Crippen LogP) is 5.52. The van der Waals surface area contributed by atoms with Crippen molar-refractivity contribution in [2.75, 3.05) is 5.32 Å². The van der Waals surface area contributed by atoms with Crippen molar-refractivity contribution >= 4 is 44.6 Å². The normalized spacial score (nSPS) is 12.3. The summed E-state index contributed by atoms with van der Waals surface area (Å²) in [6.45, 7) is 2.13. The molecule has 0 saturated carbocycles. The Labute approximate surface area is 140 Å². The number of hydrogen-bond donors (Lipinski definition) is 1. The SMILES string of the molecule is CC(Nc1cc(Cl)ccc1-n1cccn1)c1sccc1Br. The van der Waals surface area contributed by atoms with Crippen molar-refractivity contribution in [3.8, 4) is 5.69 Å². The zero-order chi connectivity index (χ0) is 14.8. The minimum atomic E-state index is 0.173. The van der Waals surface area contributed by atoms with Crippen LogP contribution in [0, 0.1) is 0 Å². The summed E-state index contributed by atoms with van der Waals surface area (Å²) < 4.78 is 2.95. The van der Waals surface area contributed by atoms with Crippen LogP contribution in [0.25, 0.3) is 5.69 Å². The molecule has 0 aliphatic heterocycles. The second kappa shape index (κ2) is 6.22. The first kappa shape index (κ1) is 14.6. The zero-order valence-corrected chi connectivity index (χ0v) is 14.4. The molecular formula is C15H13BrClN3S. The lowest BCUT2D eigenvalue weighted by Gasteiger charge is -2.18. The summed E-state index contributed by atoms with van der Waals surface area (Å²) >= 11 is 11.4. The highest BCUT2D eigenvalue weighted by Crippen LogP contribution is 2.33. The monoisotopic (exact) mass is 381 g/mol. The maximum atomic E-state index is 6.14. The predicted molar refractivity (Wildman–Crippen MR) is 92.6 cm³/mol. The fraction of sp³-hybridized carbons (Fsp3) is 0.133. The van der Waals surface area contributed by atoms with Crippen LogP contribution >= 0.6 is 38.9 Å². The Morgan fingerprint density at radius 1 is 1.38 bits per heavy atom. The molecule has 0 amide bonds. The maximum absolute atomic E-state index is 6.14. The van der Waals surface area contributed by atoms with Crippen molar-refractivity contribution in [3.63, 3.8) is 0 Å². The Morgan fingerprint density at radius 2 is 2.24 bits per heavy atom. The number of rotatable bonds is 4. The van der Waals surface area contributed by atoms with Gasteiger partial charge in [-0.3, -0.25) is 0 Å². The molecule has 6 heteroatoms. The van der Waals surface area contributed by atoms with Gasteiger partial charge in [0.05, 0.1) is 17.4 Å². The fourth-order valence-electron chi connectivity index (χ4n) is 2.15. The minimum Gasteiger partial charge on any atom is -0.376 e. The van der Waals surface area contributed by atoms with E-state index in [0.717, 1.165) is 15.8 Å². The van der Waals surface area contributed by atoms with Crippen LogP contribution in [0.4, 0.5) is 5.69 Å². The first-order valence-electron chi connectivity index (χ1n) is 6.44. The van der Waals surface area contributed by atoms with Gasteiger partial charge >= 0.3 is 0 Å². The highest BCUT2D eigenvalue weighted by molar-refractivity contribution is 9.10. The summed E-state index contributed by atoms with van der Waals surface area (Å²) in [7, 11) is 0. The molecule has 0 saturated heterocycles. The van der Waals surface area contributed by atoms with E-state index >= 15 is 0 Å². The van der Waals surface area contributed by atoms with E-state index in [4.69, 9.17) is 11.6 Å². The number of anilines is 1. The third kappa shape index (κ3) is 3.15. The van der Waals surface area contributed by atoms with Crippen LogP contribution in [0.1, 0.15) is 17.8 Å². The van der Waals surface area contributed by atoms with Crippen molar-refractivity contribution in [2.24, 2.45) is 0 Å². The van der Waals surface area contributed by atoms with Crippen LogP contribution in [0.15, 0.2) is 52.6 Å². The van der Waals surface area contributed by atoms with Crippen molar-refractivity contribution in [3.05, 3.63) is 62.5 Å². The van der Waals surface area contributed by atoms with Gasteiger partial charge in [0.15, 0.2) is 0 Å². The molecule has 21 heavy (non-hydrogen) atoms. The Morgan fingerprint density at radius 3 is 2.90 bits per heavy atom. The Hall–Kier alpha value is -1.30. The fourth-order valence-corrected chi connectivity index (χ4v) is 4.05. The molecule has 2 aromatic heterocycles. The molecule has 2 heterocycles. The quantitative estimate of drug-likeness (QED) is 0.643. The van der Waals surface area contributed by atoms with Gasteiger partial charge in [0.2, 0.25) is 0 Å². The third-order valence-electron chi connectivity index (χ3n) is 3.12. The Balaban J connectivity index is 1.95. The van der Waals surface area contributed by atoms with E-state index in [1.807, 2.05) is 35.1 Å². The number of thiophene rings is 1. The summed E-state index contributed by atoms with van der Waals surface area (Å²) in [5.74, 6) is 0. The standard InChI is InChI=1S/C15H13BrClN3S/c1-10(15-12(16)5-8-21-15)19-13-9-11(17)3-4-14(13)20-7-2-6-18-20/h2-10,19H,1H3. The van der Waals surface area contributed by atoms with E-state index < -0.39 is 0 Å². The molecule has 3 rings (SSSR count). The summed E-state index contributed by atoms with van der Waals surface area (Å²) in [5, 5.41) is 10.6. The second-order valence-electron chi connectivity index (χ2n) is 4.61. The van der Waals surface area contributed by atoms with Crippen LogP contribution in [-0.4, -0.2) is 9.78 Å². The number of nitrogens with zero attached hydrogens (tertiary/aromatic N) is 2. The molecule has 0 aliphatic rings. The highest BCUT2D eigenvalue weighted by atomic mass is 79.9. The van der Waals surface area contributed by atoms with Gasteiger partial charge in [0.1, 0.15) is 0 Å². The first-order valence-corrected chi connectivity index (χ1v) is 8.49. The number of benzene rings is 1. The molecule has 1 aromatic carbocycles. The van der Waals surface area contributed by atoms with E-state index in [0.29, 0.717) is 5.02 Å². The molecule has 3 nitrogen and oxygen atoms in total. The number of halogens is 2. The van der Waals surface area contributed by atoms with Gasteiger partial charge < -0.3 is 5.32 Å². The molecule has 0 radical (unpaired) electrons. The summed E-state index contributed by atoms with van der Waals surface area (Å²) in [4.78, 5) is 1.25. The molecule has 108 valence electrons. The van der Waals surface area contributed by atoms with Gasteiger partial charge in [0.25, 0.3) is 0 Å². The number of hydrogen-bond acceptors (Lipinski definition) is 3. The molecule has 0 bridgehead atoms. The van der Waals surface area contributed by atoms with Crippen LogP contribution in [0.3, 0.4) is 0 Å². The van der Waals surface area contributed by atoms with Crippen LogP contribution in [0.5, 0.6) is 0 Å². The van der Waals surface area contributed by atoms with Gasteiger partial charge in [-0.15, -0.1) is 11.3 Å². The number of aromatic nitrogens is 2. The van der Waals surface area contributed by atoms with Crippen molar-refractivity contribution in [1.29, 1.82) is 0 Å². The number of nitrogens with one attached hydrogen (secondary N) is 1. The van der Waals surface area contributed by atoms with E-state index in [2.05, 4.69) is 44.7 Å². The Kier molecular flexibility index (Phi) is 4.33. The average Bonchev–Trinajstić information content (AvgIpc) is 3.10. The van der Waals surface area contributed by atoms with Gasteiger partial charge in [0, 0.05) is 26.8 Å². The molecule has 0 fully saturated rings. The summed E-state index contributed by atoms with van der Waals surface area (Å²) in [6.07, 6.45) is 3.68. The maximum Gasteiger partial charge on any atom is 0.0878 e. The molecule has 1 atom stereocenters. The Bertz CT molecular complexity index is 739. The molecule has 1 N–H and O–H groups in total. The molecule has 0 aliphatic carbocycles. The van der Waals surface area contributed by atoms with Gasteiger partial charge in [-0.1, -0.05) is 11.6 Å². The highest BCUT2D eigenvalue weighted by Gasteiger charge is 2.14. The van der Waals surface area contributed by atoms with Crippen LogP contribution in [0.2, 0.25) is 5.02 Å². The summed E-state index contributed by atoms with van der Waals surface area (Å²) in [5.41, 5.74) is 1.93. The second-order valence-corrected chi connectivity index (χ2v) is 6.85. The third-order valence-corrected chi connectivity index (χ3v) is 5.41. The largest absolute Gasteiger partial charge is 0.376 e. The molecule has 1 unspecified atom stereocenters. The average molecular weight is 383 g/mol. The minimum absolute atomic E-state index is 0.173. The molecular weight excluding hydrogens is 370 g/mol. The van der Waals surface area contributed by atoms with Crippen molar-refractivity contribution in [2.45, 2.75) is 13.0 Å². The van der Waals surface area contributed by atoms with E-state index in [1.54, 1.807) is 17.5 Å². The van der Waals surface area contributed by atoms with Gasteiger partial charge in [-0.2, -0.15) is 5.10 Å². The summed E-state index contributed by atoms with van der Waals surface area (Å²) in [6, 6.07) is 9.90. The zero-order valence-electron chi connectivity index (χ0n) is 11.3. The molecule has 0 spiro atoms. The van der Waals surface area contributed by atoms with Crippen molar-refractivity contribution < 1.29 is 0 Å². The van der Waals surface area contributed by atoms with Crippen molar-refractivity contribution in [1.82, 2.24) is 9.78 Å². The first-order chi connectivity index (χ1) is 10.1. The van der Waals surface area contributed by atoms with E-state index in [1.165, 1.54) is 4.88 Å². The van der Waals surface area contributed by atoms with Crippen LogP contribution < -0.4 is 5.32 Å². The lowest BCUT2D eigenvalue weighted by molar-refractivity contribution is 0.860. The topological polar surface area (TPSA) is 29.9 Å². The van der Waals surface area contributed by atoms with Gasteiger partial charge in [-0.05, 0) is 58.6 Å². The lowest BCUT2D eigenvalue weighted by atomic mass is 10.2. The van der Waals surface area contributed by atoms with Gasteiger partial charge in [-0.25, -0.2) is 4.68 Å². The smallest absolute Gasteiger partial charge is 0.0878 e. The van der Waals surface area contributed by atoms with E-state index in [9.17, 15) is 0 Å². The van der Waals surface area contributed by atoms with Crippen LogP contribution in [-0.2, 0) is 0 Å². The van der Waals surface area contributed by atoms with E-state index in [-0.39, 0.29) is 6.04 Å².